The second-order valence-electron chi connectivity index (χ2n) is 4.44. The van der Waals surface area contributed by atoms with Crippen molar-refractivity contribution in [3.63, 3.8) is 0 Å². The van der Waals surface area contributed by atoms with Crippen LogP contribution in [0.4, 0.5) is 4.39 Å². The van der Waals surface area contributed by atoms with Crippen molar-refractivity contribution in [2.24, 2.45) is 0 Å². The van der Waals surface area contributed by atoms with Gasteiger partial charge < -0.3 is 9.73 Å². The van der Waals surface area contributed by atoms with Crippen molar-refractivity contribution in [3.05, 3.63) is 53.5 Å². The number of oxazole rings is 1. The summed E-state index contributed by atoms with van der Waals surface area (Å²) in [6.07, 6.45) is 3.38. The van der Waals surface area contributed by atoms with E-state index in [-0.39, 0.29) is 11.9 Å². The molecule has 1 atom stereocenters. The first-order valence-corrected chi connectivity index (χ1v) is 6.66. The Morgan fingerprint density at radius 1 is 1.32 bits per heavy atom. The molecule has 102 valence electrons. The van der Waals surface area contributed by atoms with Crippen molar-refractivity contribution in [1.82, 2.24) is 10.3 Å². The van der Waals surface area contributed by atoms with Crippen LogP contribution in [0.25, 0.3) is 0 Å². The molecule has 0 aliphatic rings. The van der Waals surface area contributed by atoms with E-state index in [9.17, 15) is 4.39 Å². The maximum absolute atomic E-state index is 13.7. The summed E-state index contributed by atoms with van der Waals surface area (Å²) in [6.45, 7) is 4.55. The highest BCUT2D eigenvalue weighted by Gasteiger charge is 2.14. The molecule has 1 N–H and O–H groups in total. The molecule has 4 heteroatoms. The van der Waals surface area contributed by atoms with E-state index in [1.807, 2.05) is 26.0 Å². The van der Waals surface area contributed by atoms with Crippen LogP contribution >= 0.6 is 0 Å². The Labute approximate surface area is 112 Å². The van der Waals surface area contributed by atoms with Crippen molar-refractivity contribution in [1.29, 1.82) is 0 Å². The van der Waals surface area contributed by atoms with Gasteiger partial charge in [-0.3, -0.25) is 0 Å². The molecule has 2 rings (SSSR count). The molecule has 0 bridgehead atoms. The third-order valence-corrected chi connectivity index (χ3v) is 3.14. The van der Waals surface area contributed by atoms with Crippen LogP contribution in [-0.4, -0.2) is 4.98 Å². The largest absolute Gasteiger partial charge is 0.444 e. The molecule has 19 heavy (non-hydrogen) atoms. The first kappa shape index (κ1) is 13.7. The number of aromatic nitrogens is 1. The van der Waals surface area contributed by atoms with Gasteiger partial charge >= 0.3 is 0 Å². The molecule has 0 saturated heterocycles. The highest BCUT2D eigenvalue weighted by atomic mass is 19.1. The van der Waals surface area contributed by atoms with Gasteiger partial charge in [0.2, 0.25) is 5.89 Å². The fourth-order valence-corrected chi connectivity index (χ4v) is 2.04. The van der Waals surface area contributed by atoms with Crippen LogP contribution < -0.4 is 5.32 Å². The SMILES string of the molecule is CCc1cnc(CNC(CC)c2ccccc2F)o1. The molecule has 0 radical (unpaired) electrons. The summed E-state index contributed by atoms with van der Waals surface area (Å²) in [5.74, 6) is 1.34. The van der Waals surface area contributed by atoms with Gasteiger partial charge in [-0.2, -0.15) is 0 Å². The Bertz CT molecular complexity index is 524. The summed E-state index contributed by atoms with van der Waals surface area (Å²) >= 11 is 0. The molecule has 0 fully saturated rings. The molecule has 1 heterocycles. The number of nitrogens with one attached hydrogen (secondary N) is 1. The Kier molecular flexibility index (Phi) is 4.68. The minimum Gasteiger partial charge on any atom is -0.444 e. The minimum atomic E-state index is -0.177. The molecule has 0 saturated carbocycles. The number of halogens is 1. The molecular formula is C15H19FN2O. The fourth-order valence-electron chi connectivity index (χ4n) is 2.04. The maximum atomic E-state index is 13.7. The van der Waals surface area contributed by atoms with E-state index in [1.165, 1.54) is 6.07 Å². The summed E-state index contributed by atoms with van der Waals surface area (Å²) in [4.78, 5) is 4.19. The van der Waals surface area contributed by atoms with E-state index in [4.69, 9.17) is 4.42 Å². The van der Waals surface area contributed by atoms with E-state index in [2.05, 4.69) is 10.3 Å². The number of benzene rings is 1. The first-order valence-electron chi connectivity index (χ1n) is 6.66. The van der Waals surface area contributed by atoms with Crippen LogP contribution in [-0.2, 0) is 13.0 Å². The Hall–Kier alpha value is -1.68. The van der Waals surface area contributed by atoms with Gasteiger partial charge in [0, 0.05) is 18.0 Å². The smallest absolute Gasteiger partial charge is 0.208 e. The predicted octanol–water partition coefficient (Wildman–Crippen LogP) is 3.62. The van der Waals surface area contributed by atoms with Crippen LogP contribution in [0, 0.1) is 5.82 Å². The lowest BCUT2D eigenvalue weighted by Crippen LogP contribution is -2.21. The first-order chi connectivity index (χ1) is 9.24. The van der Waals surface area contributed by atoms with Crippen molar-refractivity contribution in [2.75, 3.05) is 0 Å². The van der Waals surface area contributed by atoms with E-state index < -0.39 is 0 Å². The average Bonchev–Trinajstić information content (AvgIpc) is 2.89. The lowest BCUT2D eigenvalue weighted by atomic mass is 10.0. The number of hydrogen-bond donors (Lipinski definition) is 1. The molecule has 0 amide bonds. The number of aryl methyl sites for hydroxylation is 1. The molecule has 3 nitrogen and oxygen atoms in total. The lowest BCUT2D eigenvalue weighted by molar-refractivity contribution is 0.408. The average molecular weight is 262 g/mol. The van der Waals surface area contributed by atoms with Crippen LogP contribution in [0.2, 0.25) is 0 Å². The minimum absolute atomic E-state index is 0.0295. The van der Waals surface area contributed by atoms with Gasteiger partial charge in [-0.1, -0.05) is 32.0 Å². The summed E-state index contributed by atoms with van der Waals surface area (Å²) in [5.41, 5.74) is 0.687. The van der Waals surface area contributed by atoms with E-state index in [1.54, 1.807) is 12.3 Å². The fraction of sp³-hybridized carbons (Fsp3) is 0.400. The molecular weight excluding hydrogens is 243 g/mol. The van der Waals surface area contributed by atoms with Gasteiger partial charge in [0.15, 0.2) is 0 Å². The molecule has 2 aromatic rings. The van der Waals surface area contributed by atoms with Crippen molar-refractivity contribution >= 4 is 0 Å². The second-order valence-corrected chi connectivity index (χ2v) is 4.44. The van der Waals surface area contributed by atoms with Gasteiger partial charge in [-0.15, -0.1) is 0 Å². The summed E-state index contributed by atoms with van der Waals surface area (Å²) in [5, 5.41) is 3.28. The highest BCUT2D eigenvalue weighted by molar-refractivity contribution is 5.21. The third-order valence-electron chi connectivity index (χ3n) is 3.14. The third kappa shape index (κ3) is 3.41. The summed E-state index contributed by atoms with van der Waals surface area (Å²) in [7, 11) is 0. The quantitative estimate of drug-likeness (QED) is 0.864. The molecule has 1 unspecified atom stereocenters. The molecule has 0 aliphatic carbocycles. The van der Waals surface area contributed by atoms with E-state index in [0.717, 1.165) is 18.6 Å². The van der Waals surface area contributed by atoms with Gasteiger partial charge in [0.1, 0.15) is 11.6 Å². The van der Waals surface area contributed by atoms with Crippen LogP contribution in [0.5, 0.6) is 0 Å². The molecule has 1 aromatic heterocycles. The topological polar surface area (TPSA) is 38.1 Å². The van der Waals surface area contributed by atoms with Crippen LogP contribution in [0.15, 0.2) is 34.9 Å². The molecule has 1 aromatic carbocycles. The molecule has 0 aliphatic heterocycles. The van der Waals surface area contributed by atoms with Crippen molar-refractivity contribution in [3.8, 4) is 0 Å². The monoisotopic (exact) mass is 262 g/mol. The van der Waals surface area contributed by atoms with Crippen molar-refractivity contribution in [2.45, 2.75) is 39.3 Å². The van der Waals surface area contributed by atoms with Crippen molar-refractivity contribution < 1.29 is 8.81 Å². The Morgan fingerprint density at radius 2 is 2.11 bits per heavy atom. The summed E-state index contributed by atoms with van der Waals surface area (Å²) in [6, 6.07) is 6.82. The van der Waals surface area contributed by atoms with Gasteiger partial charge in [0.05, 0.1) is 12.7 Å². The second kappa shape index (κ2) is 6.48. The van der Waals surface area contributed by atoms with Gasteiger partial charge in [0.25, 0.3) is 0 Å². The standard InChI is InChI=1S/C15H19FN2O/c1-3-11-9-18-15(19-11)10-17-14(4-2)12-7-5-6-8-13(12)16/h5-9,14,17H,3-4,10H2,1-2H3. The Morgan fingerprint density at radius 3 is 2.74 bits per heavy atom. The maximum Gasteiger partial charge on any atom is 0.208 e. The van der Waals surface area contributed by atoms with E-state index in [0.29, 0.717) is 18.0 Å². The zero-order valence-electron chi connectivity index (χ0n) is 11.3. The van der Waals surface area contributed by atoms with Gasteiger partial charge in [-0.25, -0.2) is 9.37 Å². The molecule has 0 spiro atoms. The van der Waals surface area contributed by atoms with Crippen LogP contribution in [0.1, 0.15) is 43.5 Å². The zero-order valence-corrected chi connectivity index (χ0v) is 11.3. The summed E-state index contributed by atoms with van der Waals surface area (Å²) < 4.78 is 19.3. The highest BCUT2D eigenvalue weighted by Crippen LogP contribution is 2.20. The Balaban J connectivity index is 2.02. The normalized spacial score (nSPS) is 12.6. The lowest BCUT2D eigenvalue weighted by Gasteiger charge is -2.16. The predicted molar refractivity (Wildman–Crippen MR) is 72.2 cm³/mol. The number of nitrogens with zero attached hydrogens (tertiary/aromatic N) is 1. The van der Waals surface area contributed by atoms with E-state index >= 15 is 0 Å². The number of rotatable bonds is 6. The zero-order chi connectivity index (χ0) is 13.7. The van der Waals surface area contributed by atoms with Gasteiger partial charge in [-0.05, 0) is 12.5 Å². The number of hydrogen-bond acceptors (Lipinski definition) is 3. The van der Waals surface area contributed by atoms with Crippen LogP contribution in [0.3, 0.4) is 0 Å².